The van der Waals surface area contributed by atoms with Gasteiger partial charge in [0.2, 0.25) is 0 Å². The summed E-state index contributed by atoms with van der Waals surface area (Å²) in [4.78, 5) is 15.4. The van der Waals surface area contributed by atoms with Crippen LogP contribution in [-0.4, -0.2) is 71.0 Å². The summed E-state index contributed by atoms with van der Waals surface area (Å²) < 4.78 is 5.97. The van der Waals surface area contributed by atoms with E-state index in [2.05, 4.69) is 27.7 Å². The van der Waals surface area contributed by atoms with Crippen LogP contribution in [0.3, 0.4) is 0 Å². The largest absolute Gasteiger partial charge is 0.508 e. The number of phenols is 1. The van der Waals surface area contributed by atoms with Crippen LogP contribution in [0.5, 0.6) is 11.5 Å². The number of nitrogens with one attached hydrogen (secondary N) is 2. The number of aliphatic hydroxyl groups is 2. The Hall–Kier alpha value is -3.43. The summed E-state index contributed by atoms with van der Waals surface area (Å²) in [7, 11) is 0. The summed E-state index contributed by atoms with van der Waals surface area (Å²) in [6.07, 6.45) is 4.23. The predicted molar refractivity (Wildman–Crippen MR) is 169 cm³/mol. The zero-order valence-electron chi connectivity index (χ0n) is 25.5. The molecule has 8 heteroatoms. The van der Waals surface area contributed by atoms with E-state index in [1.807, 2.05) is 50.2 Å². The molecule has 43 heavy (non-hydrogen) atoms. The van der Waals surface area contributed by atoms with E-state index >= 15 is 0 Å². The molecule has 1 aliphatic rings. The summed E-state index contributed by atoms with van der Waals surface area (Å²) in [5, 5.41) is 36.3. The van der Waals surface area contributed by atoms with Gasteiger partial charge >= 0.3 is 0 Å². The minimum absolute atomic E-state index is 0.00775. The SMILES string of the molecule is CC(C)(Cc1cccc(C(=O)NCCc2cccc(OCCCN3CCCC3)c2)c1)NC[C@@H](O)c1ccc(O)c(CO)c1. The minimum Gasteiger partial charge on any atom is -0.508 e. The normalized spacial score (nSPS) is 14.5. The molecule has 3 aromatic rings. The van der Waals surface area contributed by atoms with Crippen molar-refractivity contribution in [2.45, 2.75) is 64.2 Å². The van der Waals surface area contributed by atoms with Crippen LogP contribution in [0.4, 0.5) is 0 Å². The number of hydrogen-bond acceptors (Lipinski definition) is 7. The minimum atomic E-state index is -0.797. The number of carbonyl (C=O) groups excluding carboxylic acids is 1. The Morgan fingerprint density at radius 1 is 1.02 bits per heavy atom. The van der Waals surface area contributed by atoms with Gasteiger partial charge in [-0.05, 0) is 112 Å². The summed E-state index contributed by atoms with van der Waals surface area (Å²) in [5.41, 5.74) is 3.41. The zero-order chi connectivity index (χ0) is 30.7. The molecule has 1 saturated heterocycles. The first-order chi connectivity index (χ1) is 20.7. The van der Waals surface area contributed by atoms with Crippen LogP contribution >= 0.6 is 0 Å². The molecule has 4 rings (SSSR count). The molecular weight excluding hydrogens is 542 g/mol. The van der Waals surface area contributed by atoms with Gasteiger partial charge in [-0.15, -0.1) is 0 Å². The Morgan fingerprint density at radius 2 is 1.79 bits per heavy atom. The Kier molecular flexibility index (Phi) is 12.0. The maximum absolute atomic E-state index is 12.9. The number of amides is 1. The first-order valence-electron chi connectivity index (χ1n) is 15.4. The molecule has 1 amide bonds. The third-order valence-electron chi connectivity index (χ3n) is 7.95. The van der Waals surface area contributed by atoms with Crippen molar-refractivity contribution in [2.24, 2.45) is 0 Å². The number of aromatic hydroxyl groups is 1. The molecule has 1 heterocycles. The fraction of sp³-hybridized carbons (Fsp3) is 0.457. The number of aliphatic hydroxyl groups excluding tert-OH is 2. The third-order valence-corrected chi connectivity index (χ3v) is 7.95. The number of rotatable bonds is 16. The van der Waals surface area contributed by atoms with Gasteiger partial charge in [0.05, 0.1) is 19.3 Å². The molecule has 0 radical (unpaired) electrons. The molecule has 1 fully saturated rings. The Labute approximate surface area is 255 Å². The van der Waals surface area contributed by atoms with E-state index in [-0.39, 0.29) is 23.8 Å². The van der Waals surface area contributed by atoms with Gasteiger partial charge in [-0.25, -0.2) is 0 Å². The third kappa shape index (κ3) is 10.4. The van der Waals surface area contributed by atoms with Crippen LogP contribution in [-0.2, 0) is 19.4 Å². The van der Waals surface area contributed by atoms with Crippen molar-refractivity contribution in [3.63, 3.8) is 0 Å². The summed E-state index contributed by atoms with van der Waals surface area (Å²) in [6, 6.07) is 20.5. The molecule has 8 nitrogen and oxygen atoms in total. The standard InChI is InChI=1S/C35H47N3O5/c1-35(2,37-24-33(41)28-12-13-32(40)30(22-28)25-39)23-27-9-5-10-29(20-27)34(42)36-15-14-26-8-6-11-31(21-26)43-19-7-18-38-16-3-4-17-38/h5-6,8-13,20-22,33,37,39-41H,3-4,7,14-19,23-25H2,1-2H3,(H,36,42)/t33-/m1/s1. The first kappa shape index (κ1) is 32.5. The monoisotopic (exact) mass is 589 g/mol. The van der Waals surface area contributed by atoms with Crippen LogP contribution in [0.2, 0.25) is 0 Å². The van der Waals surface area contributed by atoms with Gasteiger partial charge in [-0.3, -0.25) is 4.79 Å². The fourth-order valence-electron chi connectivity index (χ4n) is 5.52. The molecule has 1 aliphatic heterocycles. The van der Waals surface area contributed by atoms with Gasteiger partial charge in [0, 0.05) is 36.3 Å². The van der Waals surface area contributed by atoms with E-state index in [4.69, 9.17) is 4.74 Å². The van der Waals surface area contributed by atoms with Crippen LogP contribution in [0.1, 0.15) is 71.8 Å². The second kappa shape index (κ2) is 15.9. The number of benzene rings is 3. The number of nitrogens with zero attached hydrogens (tertiary/aromatic N) is 1. The van der Waals surface area contributed by atoms with Crippen LogP contribution < -0.4 is 15.4 Å². The van der Waals surface area contributed by atoms with Crippen molar-refractivity contribution in [1.82, 2.24) is 15.5 Å². The lowest BCUT2D eigenvalue weighted by Crippen LogP contribution is -2.43. The maximum Gasteiger partial charge on any atom is 0.251 e. The van der Waals surface area contributed by atoms with Gasteiger partial charge in [-0.2, -0.15) is 0 Å². The summed E-state index contributed by atoms with van der Waals surface area (Å²) >= 11 is 0. The topological polar surface area (TPSA) is 114 Å². The average molecular weight is 590 g/mol. The van der Waals surface area contributed by atoms with Crippen molar-refractivity contribution < 1.29 is 24.9 Å². The van der Waals surface area contributed by atoms with E-state index < -0.39 is 6.10 Å². The lowest BCUT2D eigenvalue weighted by Gasteiger charge is -2.28. The molecule has 0 aliphatic carbocycles. The highest BCUT2D eigenvalue weighted by Gasteiger charge is 2.21. The van der Waals surface area contributed by atoms with Crippen molar-refractivity contribution in [2.75, 3.05) is 39.3 Å². The van der Waals surface area contributed by atoms with Gasteiger partial charge in [-0.1, -0.05) is 30.3 Å². The molecule has 5 N–H and O–H groups in total. The zero-order valence-corrected chi connectivity index (χ0v) is 25.5. The molecule has 1 atom stereocenters. The van der Waals surface area contributed by atoms with Crippen molar-refractivity contribution in [1.29, 1.82) is 0 Å². The van der Waals surface area contributed by atoms with E-state index in [0.717, 1.165) is 36.3 Å². The van der Waals surface area contributed by atoms with Gasteiger partial charge in [0.25, 0.3) is 5.91 Å². The van der Waals surface area contributed by atoms with E-state index in [0.29, 0.717) is 42.8 Å². The number of ether oxygens (including phenoxy) is 1. The molecular formula is C35H47N3O5. The molecule has 3 aromatic carbocycles. The number of β-amino-alcohol motifs (C(OH)–C–C–N with tert-alkyl or cyclic N) is 1. The second-order valence-corrected chi connectivity index (χ2v) is 12.1. The van der Waals surface area contributed by atoms with E-state index in [9.17, 15) is 20.1 Å². The molecule has 0 spiro atoms. The van der Waals surface area contributed by atoms with Gasteiger partial charge < -0.3 is 35.6 Å². The number of hydrogen-bond donors (Lipinski definition) is 5. The Balaban J connectivity index is 1.21. The molecule has 0 unspecified atom stereocenters. The Morgan fingerprint density at radius 3 is 2.58 bits per heavy atom. The highest BCUT2D eigenvalue weighted by atomic mass is 16.5. The highest BCUT2D eigenvalue weighted by molar-refractivity contribution is 5.94. The van der Waals surface area contributed by atoms with Gasteiger partial charge in [0.15, 0.2) is 0 Å². The van der Waals surface area contributed by atoms with Crippen molar-refractivity contribution >= 4 is 5.91 Å². The predicted octanol–water partition coefficient (Wildman–Crippen LogP) is 4.37. The fourth-order valence-corrected chi connectivity index (χ4v) is 5.52. The average Bonchev–Trinajstić information content (AvgIpc) is 3.52. The van der Waals surface area contributed by atoms with E-state index in [1.165, 1.54) is 32.0 Å². The lowest BCUT2D eigenvalue weighted by molar-refractivity contribution is 0.0954. The molecule has 232 valence electrons. The smallest absolute Gasteiger partial charge is 0.251 e. The van der Waals surface area contributed by atoms with Crippen LogP contribution in [0.25, 0.3) is 0 Å². The highest BCUT2D eigenvalue weighted by Crippen LogP contribution is 2.23. The second-order valence-electron chi connectivity index (χ2n) is 12.1. The summed E-state index contributed by atoms with van der Waals surface area (Å²) in [6.45, 7) is 8.86. The molecule has 0 bridgehead atoms. The lowest BCUT2D eigenvalue weighted by atomic mass is 9.93. The van der Waals surface area contributed by atoms with Crippen molar-refractivity contribution in [3.8, 4) is 11.5 Å². The summed E-state index contributed by atoms with van der Waals surface area (Å²) in [5.74, 6) is 0.775. The van der Waals surface area contributed by atoms with E-state index in [1.54, 1.807) is 12.1 Å². The number of carbonyl (C=O) groups is 1. The first-order valence-corrected chi connectivity index (χ1v) is 15.4. The number of likely N-dealkylation sites (tertiary alicyclic amines) is 1. The quantitative estimate of drug-likeness (QED) is 0.158. The van der Waals surface area contributed by atoms with Gasteiger partial charge in [0.1, 0.15) is 11.5 Å². The Bertz CT molecular complexity index is 1320. The van der Waals surface area contributed by atoms with Crippen LogP contribution in [0.15, 0.2) is 66.7 Å². The van der Waals surface area contributed by atoms with Crippen molar-refractivity contribution in [3.05, 3.63) is 94.5 Å². The molecule has 0 saturated carbocycles. The van der Waals surface area contributed by atoms with Crippen LogP contribution in [0, 0.1) is 0 Å². The molecule has 0 aromatic heterocycles. The maximum atomic E-state index is 12.9.